The van der Waals surface area contributed by atoms with Gasteiger partial charge in [0.1, 0.15) is 5.54 Å². The Kier molecular flexibility index (Phi) is 6.91. The molecule has 0 aromatic carbocycles. The zero-order valence-corrected chi connectivity index (χ0v) is 13.5. The first-order valence-electron chi connectivity index (χ1n) is 7.34. The zero-order chi connectivity index (χ0) is 15.9. The van der Waals surface area contributed by atoms with E-state index in [1.807, 2.05) is 0 Å². The number of carbonyl (C=O) groups excluding carboxylic acids is 2. The van der Waals surface area contributed by atoms with E-state index in [0.717, 1.165) is 0 Å². The largest absolute Gasteiger partial charge is 0.465 e. The lowest BCUT2D eigenvalue weighted by molar-refractivity contribution is -0.153. The summed E-state index contributed by atoms with van der Waals surface area (Å²) >= 11 is 0. The predicted molar refractivity (Wildman–Crippen MR) is 79.1 cm³/mol. The Bertz CT molecular complexity index is 352. The van der Waals surface area contributed by atoms with Crippen molar-refractivity contribution >= 4 is 12.0 Å². The molecular formula is C14H27N3O4. The summed E-state index contributed by atoms with van der Waals surface area (Å²) in [6.45, 7) is 4.34. The number of carbonyl (C=O) groups is 2. The van der Waals surface area contributed by atoms with E-state index in [1.165, 1.54) is 0 Å². The van der Waals surface area contributed by atoms with Gasteiger partial charge < -0.3 is 19.3 Å². The van der Waals surface area contributed by atoms with E-state index >= 15 is 0 Å². The molecule has 1 aliphatic rings. The Hall–Kier alpha value is -1.34. The van der Waals surface area contributed by atoms with Crippen molar-refractivity contribution in [3.05, 3.63) is 0 Å². The second-order valence-corrected chi connectivity index (χ2v) is 5.39. The van der Waals surface area contributed by atoms with Crippen molar-refractivity contribution in [2.75, 3.05) is 54.1 Å². The molecule has 0 spiro atoms. The van der Waals surface area contributed by atoms with Crippen LogP contribution in [0.5, 0.6) is 0 Å². The standard InChI is InChI=1S/C14H27N3O4/c1-5-21-12(18)14(15-8-11-20-4)6-9-17(10-7-14)13(19)16(2)3/h15H,5-11H2,1-4H3. The number of ether oxygens (including phenoxy) is 2. The maximum absolute atomic E-state index is 12.3. The fourth-order valence-corrected chi connectivity index (χ4v) is 2.48. The summed E-state index contributed by atoms with van der Waals surface area (Å²) in [5.41, 5.74) is -0.711. The van der Waals surface area contributed by atoms with Gasteiger partial charge in [0.2, 0.25) is 0 Å². The number of nitrogens with zero attached hydrogens (tertiary/aromatic N) is 2. The van der Waals surface area contributed by atoms with Crippen LogP contribution in [-0.2, 0) is 14.3 Å². The first kappa shape index (κ1) is 17.7. The highest BCUT2D eigenvalue weighted by atomic mass is 16.5. The van der Waals surface area contributed by atoms with Gasteiger partial charge >= 0.3 is 12.0 Å². The minimum atomic E-state index is -0.711. The van der Waals surface area contributed by atoms with Crippen molar-refractivity contribution in [2.45, 2.75) is 25.3 Å². The van der Waals surface area contributed by atoms with Crippen molar-refractivity contribution in [3.8, 4) is 0 Å². The maximum atomic E-state index is 12.3. The number of esters is 1. The molecule has 1 N–H and O–H groups in total. The second kappa shape index (κ2) is 8.19. The molecule has 0 radical (unpaired) electrons. The molecule has 1 heterocycles. The molecule has 1 aliphatic heterocycles. The smallest absolute Gasteiger partial charge is 0.326 e. The molecule has 0 atom stereocenters. The molecule has 7 heteroatoms. The second-order valence-electron chi connectivity index (χ2n) is 5.39. The van der Waals surface area contributed by atoms with Gasteiger partial charge in [0.05, 0.1) is 13.2 Å². The summed E-state index contributed by atoms with van der Waals surface area (Å²) in [7, 11) is 5.08. The Morgan fingerprint density at radius 3 is 2.38 bits per heavy atom. The quantitative estimate of drug-likeness (QED) is 0.564. The topological polar surface area (TPSA) is 71.1 Å². The van der Waals surface area contributed by atoms with Crippen LogP contribution in [0, 0.1) is 0 Å². The molecule has 2 amide bonds. The van der Waals surface area contributed by atoms with Crippen LogP contribution >= 0.6 is 0 Å². The molecule has 0 saturated carbocycles. The van der Waals surface area contributed by atoms with Crippen LogP contribution < -0.4 is 5.32 Å². The monoisotopic (exact) mass is 301 g/mol. The van der Waals surface area contributed by atoms with Crippen molar-refractivity contribution < 1.29 is 19.1 Å². The lowest BCUT2D eigenvalue weighted by Gasteiger charge is -2.41. The molecule has 1 rings (SSSR count). The van der Waals surface area contributed by atoms with Gasteiger partial charge in [0, 0.05) is 40.8 Å². The highest BCUT2D eigenvalue weighted by Crippen LogP contribution is 2.24. The number of nitrogens with one attached hydrogen (secondary N) is 1. The van der Waals surface area contributed by atoms with E-state index in [1.54, 1.807) is 37.9 Å². The summed E-state index contributed by atoms with van der Waals surface area (Å²) in [5, 5.41) is 3.26. The Labute approximate surface area is 126 Å². The van der Waals surface area contributed by atoms with Gasteiger partial charge in [-0.2, -0.15) is 0 Å². The third-order valence-electron chi connectivity index (χ3n) is 3.71. The first-order chi connectivity index (χ1) is 9.96. The molecule has 21 heavy (non-hydrogen) atoms. The summed E-state index contributed by atoms with van der Waals surface area (Å²) < 4.78 is 10.2. The summed E-state index contributed by atoms with van der Waals surface area (Å²) in [6, 6.07) is -0.0237. The summed E-state index contributed by atoms with van der Waals surface area (Å²) in [4.78, 5) is 27.6. The van der Waals surface area contributed by atoms with Gasteiger partial charge in [0.25, 0.3) is 0 Å². The number of hydrogen-bond acceptors (Lipinski definition) is 5. The molecule has 0 unspecified atom stereocenters. The van der Waals surface area contributed by atoms with Crippen LogP contribution in [-0.4, -0.2) is 81.4 Å². The Morgan fingerprint density at radius 2 is 1.90 bits per heavy atom. The highest BCUT2D eigenvalue weighted by Gasteiger charge is 2.43. The molecule has 0 bridgehead atoms. The fourth-order valence-electron chi connectivity index (χ4n) is 2.48. The minimum absolute atomic E-state index is 0.0237. The number of urea groups is 1. The average molecular weight is 301 g/mol. The van der Waals surface area contributed by atoms with Crippen LogP contribution in [0.2, 0.25) is 0 Å². The third kappa shape index (κ3) is 4.57. The van der Waals surface area contributed by atoms with E-state index in [0.29, 0.717) is 45.7 Å². The van der Waals surface area contributed by atoms with E-state index in [4.69, 9.17) is 9.47 Å². The normalized spacial score (nSPS) is 17.4. The lowest BCUT2D eigenvalue weighted by atomic mass is 9.87. The van der Waals surface area contributed by atoms with Gasteiger partial charge in [-0.3, -0.25) is 10.1 Å². The van der Waals surface area contributed by atoms with Crippen LogP contribution in [0.15, 0.2) is 0 Å². The average Bonchev–Trinajstić information content (AvgIpc) is 2.47. The molecule has 0 aromatic rings. The van der Waals surface area contributed by atoms with Crippen LogP contribution in [0.4, 0.5) is 4.79 Å². The molecule has 0 aromatic heterocycles. The van der Waals surface area contributed by atoms with Gasteiger partial charge in [-0.05, 0) is 19.8 Å². The molecule has 0 aliphatic carbocycles. The van der Waals surface area contributed by atoms with Crippen molar-refractivity contribution in [2.24, 2.45) is 0 Å². The van der Waals surface area contributed by atoms with E-state index in [-0.39, 0.29) is 12.0 Å². The van der Waals surface area contributed by atoms with E-state index in [9.17, 15) is 9.59 Å². The zero-order valence-electron chi connectivity index (χ0n) is 13.5. The summed E-state index contributed by atoms with van der Waals surface area (Å²) in [6.07, 6.45) is 1.10. The van der Waals surface area contributed by atoms with Crippen LogP contribution in [0.25, 0.3) is 0 Å². The Morgan fingerprint density at radius 1 is 1.29 bits per heavy atom. The highest BCUT2D eigenvalue weighted by molar-refractivity contribution is 5.82. The summed E-state index contributed by atoms with van der Waals surface area (Å²) in [5.74, 6) is -0.238. The van der Waals surface area contributed by atoms with Gasteiger partial charge in [-0.25, -0.2) is 4.79 Å². The van der Waals surface area contributed by atoms with Crippen molar-refractivity contribution in [1.82, 2.24) is 15.1 Å². The van der Waals surface area contributed by atoms with Gasteiger partial charge in [0.15, 0.2) is 0 Å². The molecular weight excluding hydrogens is 274 g/mol. The SMILES string of the molecule is CCOC(=O)C1(NCCOC)CCN(C(=O)N(C)C)CC1. The number of hydrogen-bond donors (Lipinski definition) is 1. The number of likely N-dealkylation sites (tertiary alicyclic amines) is 1. The fraction of sp³-hybridized carbons (Fsp3) is 0.857. The number of amides is 2. The molecule has 7 nitrogen and oxygen atoms in total. The molecule has 1 saturated heterocycles. The maximum Gasteiger partial charge on any atom is 0.326 e. The first-order valence-corrected chi connectivity index (χ1v) is 7.34. The van der Waals surface area contributed by atoms with E-state index in [2.05, 4.69) is 5.32 Å². The third-order valence-corrected chi connectivity index (χ3v) is 3.71. The molecule has 1 fully saturated rings. The van der Waals surface area contributed by atoms with E-state index < -0.39 is 5.54 Å². The number of methoxy groups -OCH3 is 1. The minimum Gasteiger partial charge on any atom is -0.465 e. The van der Waals surface area contributed by atoms with Crippen molar-refractivity contribution in [1.29, 1.82) is 0 Å². The van der Waals surface area contributed by atoms with Gasteiger partial charge in [-0.15, -0.1) is 0 Å². The number of piperidine rings is 1. The molecule has 122 valence electrons. The van der Waals surface area contributed by atoms with Crippen molar-refractivity contribution in [3.63, 3.8) is 0 Å². The number of rotatable bonds is 6. The van der Waals surface area contributed by atoms with Crippen LogP contribution in [0.3, 0.4) is 0 Å². The van der Waals surface area contributed by atoms with Crippen LogP contribution in [0.1, 0.15) is 19.8 Å². The predicted octanol–water partition coefficient (Wildman–Crippen LogP) is 0.302. The Balaban J connectivity index is 2.69. The van der Waals surface area contributed by atoms with Gasteiger partial charge in [-0.1, -0.05) is 0 Å². The lowest BCUT2D eigenvalue weighted by Crippen LogP contribution is -2.61.